The van der Waals surface area contributed by atoms with E-state index in [0.29, 0.717) is 40.1 Å². The Labute approximate surface area is 168 Å². The van der Waals surface area contributed by atoms with Gasteiger partial charge < -0.3 is 33.6 Å². The molecule has 29 heavy (non-hydrogen) atoms. The first-order valence-electron chi connectivity index (χ1n) is 8.80. The standard InChI is InChI=1S/C21H24N2O6/c1-23-15-11-13(25-2)7-8-14(15)18(19(23)21(24)29-6)22-12-9-16(26-3)20(28-5)17(10-12)27-4/h7-11,22H,1-6H3. The minimum absolute atomic E-state index is 0.379. The van der Waals surface area contributed by atoms with E-state index in [1.54, 1.807) is 52.2 Å². The van der Waals surface area contributed by atoms with Crippen LogP contribution in [-0.4, -0.2) is 46.1 Å². The van der Waals surface area contributed by atoms with Crippen molar-refractivity contribution in [2.45, 2.75) is 0 Å². The predicted molar refractivity (Wildman–Crippen MR) is 110 cm³/mol. The Bertz CT molecular complexity index is 1030. The molecule has 2 aromatic carbocycles. The summed E-state index contributed by atoms with van der Waals surface area (Å²) < 4.78 is 28.3. The third kappa shape index (κ3) is 3.49. The summed E-state index contributed by atoms with van der Waals surface area (Å²) in [4.78, 5) is 12.5. The number of benzene rings is 2. The van der Waals surface area contributed by atoms with Crippen LogP contribution in [0.25, 0.3) is 10.9 Å². The first-order valence-corrected chi connectivity index (χ1v) is 8.80. The van der Waals surface area contributed by atoms with Crippen molar-refractivity contribution in [3.05, 3.63) is 36.0 Å². The predicted octanol–water partition coefficient (Wildman–Crippen LogP) is 3.74. The van der Waals surface area contributed by atoms with Gasteiger partial charge >= 0.3 is 5.97 Å². The number of nitrogens with one attached hydrogen (secondary N) is 1. The van der Waals surface area contributed by atoms with Gasteiger partial charge in [-0.05, 0) is 12.1 Å². The molecule has 1 N–H and O–H groups in total. The van der Waals surface area contributed by atoms with Gasteiger partial charge in [0.2, 0.25) is 5.75 Å². The molecule has 0 saturated heterocycles. The summed E-state index contributed by atoms with van der Waals surface area (Å²) >= 11 is 0. The number of methoxy groups -OCH3 is 5. The van der Waals surface area contributed by atoms with Gasteiger partial charge in [0, 0.05) is 36.3 Å². The molecule has 8 nitrogen and oxygen atoms in total. The molecule has 0 radical (unpaired) electrons. The first kappa shape index (κ1) is 20.2. The van der Waals surface area contributed by atoms with E-state index in [1.165, 1.54) is 7.11 Å². The van der Waals surface area contributed by atoms with Gasteiger partial charge in [-0.3, -0.25) is 0 Å². The highest BCUT2D eigenvalue weighted by Gasteiger charge is 2.23. The second-order valence-electron chi connectivity index (χ2n) is 6.20. The Hall–Kier alpha value is -3.55. The summed E-state index contributed by atoms with van der Waals surface area (Å²) in [5, 5.41) is 4.15. The average molecular weight is 400 g/mol. The Balaban J connectivity index is 2.21. The van der Waals surface area contributed by atoms with E-state index in [0.717, 1.165) is 10.9 Å². The molecule has 3 aromatic rings. The van der Waals surface area contributed by atoms with Crippen LogP contribution in [0.2, 0.25) is 0 Å². The molecule has 0 spiro atoms. The third-order valence-electron chi connectivity index (χ3n) is 4.72. The van der Waals surface area contributed by atoms with Crippen molar-refractivity contribution < 1.29 is 28.5 Å². The molecule has 0 bridgehead atoms. The number of nitrogens with zero attached hydrogens (tertiary/aromatic N) is 1. The Kier molecular flexibility index (Phi) is 5.72. The van der Waals surface area contributed by atoms with Crippen LogP contribution < -0.4 is 24.3 Å². The minimum Gasteiger partial charge on any atom is -0.497 e. The van der Waals surface area contributed by atoms with Crippen LogP contribution >= 0.6 is 0 Å². The maximum absolute atomic E-state index is 12.5. The Morgan fingerprint density at radius 3 is 2.07 bits per heavy atom. The molecule has 8 heteroatoms. The molecule has 0 aliphatic heterocycles. The molecular formula is C21H24N2O6. The molecule has 3 rings (SSSR count). The number of hydrogen-bond donors (Lipinski definition) is 1. The van der Waals surface area contributed by atoms with E-state index in [2.05, 4.69) is 5.32 Å². The number of rotatable bonds is 7. The minimum atomic E-state index is -0.461. The zero-order valence-electron chi connectivity index (χ0n) is 17.3. The number of esters is 1. The van der Waals surface area contributed by atoms with Crippen LogP contribution in [0.15, 0.2) is 30.3 Å². The number of hydrogen-bond acceptors (Lipinski definition) is 7. The van der Waals surface area contributed by atoms with Crippen LogP contribution in [0.1, 0.15) is 10.5 Å². The van der Waals surface area contributed by atoms with Crippen LogP contribution in [0, 0.1) is 0 Å². The monoisotopic (exact) mass is 400 g/mol. The van der Waals surface area contributed by atoms with Crippen LogP contribution in [0.4, 0.5) is 11.4 Å². The number of ether oxygens (including phenoxy) is 5. The van der Waals surface area contributed by atoms with Gasteiger partial charge in [-0.1, -0.05) is 0 Å². The topological polar surface area (TPSA) is 80.2 Å². The van der Waals surface area contributed by atoms with Gasteiger partial charge in [0.25, 0.3) is 0 Å². The zero-order valence-corrected chi connectivity index (χ0v) is 17.3. The van der Waals surface area contributed by atoms with Crippen LogP contribution in [0.5, 0.6) is 23.0 Å². The fraction of sp³-hybridized carbons (Fsp3) is 0.286. The summed E-state index contributed by atoms with van der Waals surface area (Å²) in [6.07, 6.45) is 0. The first-order chi connectivity index (χ1) is 14.0. The SMILES string of the molecule is COC(=O)c1c(Nc2cc(OC)c(OC)c(OC)c2)c2ccc(OC)cc2n1C. The lowest BCUT2D eigenvalue weighted by Gasteiger charge is -2.15. The van der Waals surface area contributed by atoms with E-state index >= 15 is 0 Å². The van der Waals surface area contributed by atoms with Crippen LogP contribution in [-0.2, 0) is 11.8 Å². The number of carbonyl (C=O) groups is 1. The van der Waals surface area contributed by atoms with Crippen molar-refractivity contribution in [2.75, 3.05) is 40.9 Å². The molecule has 0 atom stereocenters. The number of aryl methyl sites for hydroxylation is 1. The summed E-state index contributed by atoms with van der Waals surface area (Å²) in [5.41, 5.74) is 2.46. The molecular weight excluding hydrogens is 376 g/mol. The number of fused-ring (bicyclic) bond motifs is 1. The van der Waals surface area contributed by atoms with Crippen molar-refractivity contribution in [3.63, 3.8) is 0 Å². The van der Waals surface area contributed by atoms with Crippen molar-refractivity contribution in [3.8, 4) is 23.0 Å². The summed E-state index contributed by atoms with van der Waals surface area (Å²) in [5.74, 6) is 1.70. The fourth-order valence-electron chi connectivity index (χ4n) is 3.30. The van der Waals surface area contributed by atoms with E-state index in [1.807, 2.05) is 18.2 Å². The van der Waals surface area contributed by atoms with Crippen molar-refractivity contribution in [1.82, 2.24) is 4.57 Å². The smallest absolute Gasteiger partial charge is 0.356 e. The molecule has 1 heterocycles. The van der Waals surface area contributed by atoms with Gasteiger partial charge in [-0.2, -0.15) is 0 Å². The zero-order chi connectivity index (χ0) is 21.1. The third-order valence-corrected chi connectivity index (χ3v) is 4.72. The van der Waals surface area contributed by atoms with Crippen LogP contribution in [0.3, 0.4) is 0 Å². The molecule has 154 valence electrons. The summed E-state index contributed by atoms with van der Waals surface area (Å²) in [6.45, 7) is 0. The van der Waals surface area contributed by atoms with Gasteiger partial charge in [-0.15, -0.1) is 0 Å². The van der Waals surface area contributed by atoms with E-state index in [-0.39, 0.29) is 0 Å². The maximum atomic E-state index is 12.5. The lowest BCUT2D eigenvalue weighted by Crippen LogP contribution is -2.10. The molecule has 1 aromatic heterocycles. The molecule has 0 fully saturated rings. The van der Waals surface area contributed by atoms with E-state index in [9.17, 15) is 4.79 Å². The lowest BCUT2D eigenvalue weighted by atomic mass is 10.2. The van der Waals surface area contributed by atoms with Crippen molar-refractivity contribution >= 4 is 28.2 Å². The van der Waals surface area contributed by atoms with Crippen molar-refractivity contribution in [1.29, 1.82) is 0 Å². The van der Waals surface area contributed by atoms with Gasteiger partial charge in [0.1, 0.15) is 5.75 Å². The second kappa shape index (κ2) is 8.22. The van der Waals surface area contributed by atoms with E-state index < -0.39 is 5.97 Å². The molecule has 0 amide bonds. The quantitative estimate of drug-likeness (QED) is 0.605. The second-order valence-corrected chi connectivity index (χ2v) is 6.20. The van der Waals surface area contributed by atoms with Gasteiger partial charge in [0.15, 0.2) is 17.2 Å². The maximum Gasteiger partial charge on any atom is 0.356 e. The highest BCUT2D eigenvalue weighted by molar-refractivity contribution is 6.08. The highest BCUT2D eigenvalue weighted by Crippen LogP contribution is 2.42. The lowest BCUT2D eigenvalue weighted by molar-refractivity contribution is 0.0591. The highest BCUT2D eigenvalue weighted by atomic mass is 16.5. The van der Waals surface area contributed by atoms with Gasteiger partial charge in [0.05, 0.1) is 46.8 Å². The number of anilines is 2. The largest absolute Gasteiger partial charge is 0.497 e. The normalized spacial score (nSPS) is 10.6. The summed E-state index contributed by atoms with van der Waals surface area (Å²) in [7, 11) is 9.38. The molecule has 0 unspecified atom stereocenters. The Morgan fingerprint density at radius 1 is 0.897 bits per heavy atom. The molecule has 0 aliphatic rings. The van der Waals surface area contributed by atoms with Crippen molar-refractivity contribution in [2.24, 2.45) is 7.05 Å². The fourth-order valence-corrected chi connectivity index (χ4v) is 3.30. The van der Waals surface area contributed by atoms with Gasteiger partial charge in [-0.25, -0.2) is 4.79 Å². The Morgan fingerprint density at radius 2 is 1.55 bits per heavy atom. The molecule has 0 aliphatic carbocycles. The summed E-state index contributed by atoms with van der Waals surface area (Å²) in [6, 6.07) is 9.13. The average Bonchev–Trinajstić information content (AvgIpc) is 3.03. The molecule has 0 saturated carbocycles. The van der Waals surface area contributed by atoms with E-state index in [4.69, 9.17) is 23.7 Å². The number of aromatic nitrogens is 1. The number of carbonyl (C=O) groups excluding carboxylic acids is 1.